The molecule has 0 saturated carbocycles. The third-order valence-electron chi connectivity index (χ3n) is 15.8. The summed E-state index contributed by atoms with van der Waals surface area (Å²) in [4.78, 5) is 64.5. The number of hydrogen-bond acceptors (Lipinski definition) is 37. The SMILES string of the molecule is CC(=O)N[C@H]1[C@H](O[C@@H]2[C@H](O)[C@@H](O)[C@H](O[C@H]3[C@H](O)[C@@H](O)[C@H](O)O[C@@H]3CO)O[C@@H]2CO)O[C@H](CO)[C@H](O)[C@@H]1O[C@@H]1O[C@H](CO)[C@H](O)[C@H](O[C@]2(C(=O)O)C[C@H](O)[C@@H](NC(=O)CO)[C@H]([C@H](O)[C@@H](CO)O[C@]3(C(=O)O)C[C@H](O)[C@@H](NC(=O)CO)[C@H]([C@H](O)[C@H](O)CO)O3)O2)[C@H]1O. The molecule has 6 aliphatic rings. The molecule has 0 aromatic heterocycles. The van der Waals surface area contributed by atoms with Gasteiger partial charge in [0.25, 0.3) is 11.6 Å². The molecule has 32 atom stereocenters. The summed E-state index contributed by atoms with van der Waals surface area (Å²) in [5.74, 6) is -15.2. The van der Waals surface area contributed by atoms with Gasteiger partial charge in [0.1, 0.15) is 147 Å². The number of carbonyl (C=O) groups is 5. The van der Waals surface area contributed by atoms with E-state index in [0.717, 1.165) is 6.92 Å². The summed E-state index contributed by atoms with van der Waals surface area (Å²) in [6.45, 7) is -9.06. The summed E-state index contributed by atoms with van der Waals surface area (Å²) in [5.41, 5.74) is 0. The van der Waals surface area contributed by atoms with Gasteiger partial charge in [0.05, 0.1) is 63.9 Å². The molecular weight excluding hydrogens is 1240 g/mol. The molecule has 0 spiro atoms. The van der Waals surface area contributed by atoms with Crippen LogP contribution in [0.2, 0.25) is 0 Å². The average Bonchev–Trinajstić information content (AvgIpc) is 0.767. The van der Waals surface area contributed by atoms with E-state index in [4.69, 9.17) is 52.1 Å². The van der Waals surface area contributed by atoms with Crippen molar-refractivity contribution in [3.63, 3.8) is 0 Å². The predicted octanol–water partition coefficient (Wildman–Crippen LogP) is -17.3. The Kier molecular flexibility index (Phi) is 26.7. The molecular formula is C48H79N3O39. The number of aliphatic carboxylic acids is 2. The highest BCUT2D eigenvalue weighted by Crippen LogP contribution is 2.41. The standard InChI is InChI=1S/C48H79N3O39/c1-12(60)49-25-37(27(67)16(5-53)81-42(25)84-36-20(9-57)83-43(33(73)31(36)71)85-35-19(8-56)80-41(75)32(72)30(35)70)86-44-34(74)40(28(68)17(6-54)82-44)90-48(46(78)79)3-14(62)24(51-22(65)11-59)39(89-48)29(69)18(7-55)87-47(45(76)77)2-13(61)23(50-21(64)10-58)38(88-47)26(66)15(63)4-52/h13-20,23-44,52-59,61-63,66-75H,2-11H2,1H3,(H,49,60)(H,50,64)(H,51,65)(H,76,77)(H,78,79)/t13-,14-,15+,16+,17+,18+,19+,20+,23+,24+,25+,26+,27-,28-,29+,30+,31+,32+,33+,34+,35+,36-,37+,38+,39+,40-,41+,42-,43-,44-,47+,48-/m0/s1. The van der Waals surface area contributed by atoms with Crippen LogP contribution in [0.25, 0.3) is 0 Å². The molecule has 42 nitrogen and oxygen atoms in total. The highest BCUT2D eigenvalue weighted by molar-refractivity contribution is 5.79. The van der Waals surface area contributed by atoms with Crippen molar-refractivity contribution in [1.82, 2.24) is 16.0 Å². The lowest BCUT2D eigenvalue weighted by Gasteiger charge is -2.52. The fraction of sp³-hybridized carbons (Fsp3) is 0.896. The van der Waals surface area contributed by atoms with E-state index in [-0.39, 0.29) is 0 Å². The van der Waals surface area contributed by atoms with Crippen LogP contribution in [0.1, 0.15) is 19.8 Å². The number of carbonyl (C=O) groups excluding carboxylic acids is 3. The summed E-state index contributed by atoms with van der Waals surface area (Å²) in [7, 11) is 0. The molecule has 0 bridgehead atoms. The minimum absolute atomic E-state index is 0.902. The van der Waals surface area contributed by atoms with Crippen LogP contribution in [0.5, 0.6) is 0 Å². The van der Waals surface area contributed by atoms with Crippen LogP contribution in [-0.2, 0) is 76.1 Å². The maximum Gasteiger partial charge on any atom is 0.364 e. The van der Waals surface area contributed by atoms with Crippen LogP contribution in [0.15, 0.2) is 0 Å². The van der Waals surface area contributed by atoms with Gasteiger partial charge < -0.3 is 186 Å². The fourth-order valence-electron chi connectivity index (χ4n) is 11.1. The average molecular weight is 1320 g/mol. The van der Waals surface area contributed by atoms with Gasteiger partial charge >= 0.3 is 11.9 Å². The number of nitrogens with one attached hydrogen (secondary N) is 3. The molecule has 42 heteroatoms. The van der Waals surface area contributed by atoms with E-state index in [1.54, 1.807) is 0 Å². The first-order chi connectivity index (χ1) is 42.4. The Morgan fingerprint density at radius 3 is 1.40 bits per heavy atom. The van der Waals surface area contributed by atoms with Crippen molar-refractivity contribution in [3.05, 3.63) is 0 Å². The van der Waals surface area contributed by atoms with Gasteiger partial charge in [-0.3, -0.25) is 14.4 Å². The first kappa shape index (κ1) is 75.1. The van der Waals surface area contributed by atoms with Crippen molar-refractivity contribution in [1.29, 1.82) is 0 Å². The first-order valence-electron chi connectivity index (χ1n) is 27.7. The predicted molar refractivity (Wildman–Crippen MR) is 271 cm³/mol. The molecule has 6 saturated heterocycles. The summed E-state index contributed by atoms with van der Waals surface area (Å²) in [5, 5.41) is 253. The van der Waals surface area contributed by atoms with Crippen molar-refractivity contribution in [2.45, 2.75) is 215 Å². The van der Waals surface area contributed by atoms with Crippen LogP contribution in [-0.4, -0.2) is 395 Å². The van der Waals surface area contributed by atoms with Crippen LogP contribution < -0.4 is 16.0 Å². The summed E-state index contributed by atoms with van der Waals surface area (Å²) in [6, 6.07) is -6.06. The number of hydrogen-bond donors (Lipinski definition) is 26. The van der Waals surface area contributed by atoms with E-state index < -0.39 is 291 Å². The monoisotopic (exact) mass is 1320 g/mol. The van der Waals surface area contributed by atoms with Crippen molar-refractivity contribution < 1.29 is 194 Å². The Balaban J connectivity index is 1.30. The quantitative estimate of drug-likeness (QED) is 0.0363. The van der Waals surface area contributed by atoms with Crippen LogP contribution in [0.3, 0.4) is 0 Å². The van der Waals surface area contributed by atoms with Crippen LogP contribution >= 0.6 is 0 Å². The molecule has 0 aromatic carbocycles. The number of ether oxygens (including phenoxy) is 11. The third kappa shape index (κ3) is 16.1. The number of rotatable bonds is 27. The highest BCUT2D eigenvalue weighted by Gasteiger charge is 2.63. The summed E-state index contributed by atoms with van der Waals surface area (Å²) < 4.78 is 62.1. The maximum atomic E-state index is 13.6. The first-order valence-corrected chi connectivity index (χ1v) is 27.7. The molecule has 90 heavy (non-hydrogen) atoms. The Morgan fingerprint density at radius 1 is 0.478 bits per heavy atom. The van der Waals surface area contributed by atoms with E-state index in [2.05, 4.69) is 5.32 Å². The van der Waals surface area contributed by atoms with E-state index in [9.17, 15) is 141 Å². The van der Waals surface area contributed by atoms with Gasteiger partial charge in [0.2, 0.25) is 17.7 Å². The van der Waals surface area contributed by atoms with E-state index >= 15 is 0 Å². The Hall–Kier alpha value is -3.93. The second-order valence-electron chi connectivity index (χ2n) is 21.9. The Bertz CT molecular complexity index is 2350. The van der Waals surface area contributed by atoms with E-state index in [0.29, 0.717) is 0 Å². The highest BCUT2D eigenvalue weighted by atomic mass is 16.8. The molecule has 26 N–H and O–H groups in total. The normalized spacial score (nSPS) is 43.9. The molecule has 6 rings (SSSR count). The maximum absolute atomic E-state index is 13.6. The topological polar surface area (TPSA) is 688 Å². The molecule has 520 valence electrons. The number of amides is 3. The molecule has 0 aromatic rings. The molecule has 0 radical (unpaired) electrons. The second kappa shape index (κ2) is 32.0. The van der Waals surface area contributed by atoms with Gasteiger partial charge in [-0.25, -0.2) is 9.59 Å². The third-order valence-corrected chi connectivity index (χ3v) is 15.8. The molecule has 0 unspecified atom stereocenters. The molecule has 6 aliphatic heterocycles. The fourth-order valence-corrected chi connectivity index (χ4v) is 11.1. The minimum Gasteiger partial charge on any atom is -0.477 e. The lowest BCUT2D eigenvalue weighted by molar-refractivity contribution is -0.389. The van der Waals surface area contributed by atoms with Gasteiger partial charge in [-0.05, 0) is 0 Å². The van der Waals surface area contributed by atoms with Gasteiger partial charge in [-0.1, -0.05) is 0 Å². The minimum atomic E-state index is -3.58. The van der Waals surface area contributed by atoms with Gasteiger partial charge in [0, 0.05) is 19.8 Å². The van der Waals surface area contributed by atoms with Gasteiger partial charge in [0.15, 0.2) is 25.2 Å². The number of aliphatic hydroxyl groups is 21. The molecule has 6 fully saturated rings. The largest absolute Gasteiger partial charge is 0.477 e. The Morgan fingerprint density at radius 2 is 0.911 bits per heavy atom. The van der Waals surface area contributed by atoms with E-state index in [1.165, 1.54) is 0 Å². The number of carboxylic acids is 2. The molecule has 6 heterocycles. The van der Waals surface area contributed by atoms with Gasteiger partial charge in [-0.2, -0.15) is 0 Å². The molecule has 0 aliphatic carbocycles. The number of carboxylic acid groups (broad SMARTS) is 2. The van der Waals surface area contributed by atoms with Gasteiger partial charge in [-0.15, -0.1) is 0 Å². The van der Waals surface area contributed by atoms with Crippen molar-refractivity contribution >= 4 is 29.7 Å². The summed E-state index contributed by atoms with van der Waals surface area (Å²) in [6.07, 6.45) is -62.5. The second-order valence-corrected chi connectivity index (χ2v) is 21.9. The smallest absolute Gasteiger partial charge is 0.364 e. The lowest BCUT2D eigenvalue weighted by Crippen LogP contribution is -2.72. The summed E-state index contributed by atoms with van der Waals surface area (Å²) >= 11 is 0. The lowest BCUT2D eigenvalue weighted by atomic mass is 9.87. The van der Waals surface area contributed by atoms with Crippen LogP contribution in [0, 0.1) is 0 Å². The van der Waals surface area contributed by atoms with E-state index in [1.807, 2.05) is 10.6 Å². The van der Waals surface area contributed by atoms with Crippen LogP contribution in [0.4, 0.5) is 0 Å². The zero-order chi connectivity index (χ0) is 67.2. The van der Waals surface area contributed by atoms with Crippen molar-refractivity contribution in [2.75, 3.05) is 52.9 Å². The number of aliphatic hydroxyl groups excluding tert-OH is 21. The van der Waals surface area contributed by atoms with Crippen molar-refractivity contribution in [2.24, 2.45) is 0 Å². The Labute approximate surface area is 506 Å². The zero-order valence-corrected chi connectivity index (χ0v) is 47.2. The van der Waals surface area contributed by atoms with Crippen molar-refractivity contribution in [3.8, 4) is 0 Å². The molecule has 3 amide bonds. The zero-order valence-electron chi connectivity index (χ0n) is 47.2.